The predicted molar refractivity (Wildman–Crippen MR) is 91.1 cm³/mol. The molecule has 0 fully saturated rings. The Hall–Kier alpha value is -2.47. The number of hydrogen-bond donors (Lipinski definition) is 2. The Balaban J connectivity index is 1.63. The maximum atomic E-state index is 13.6. The summed E-state index contributed by atoms with van der Waals surface area (Å²) >= 11 is 3.27. The second kappa shape index (κ2) is 6.75. The highest BCUT2D eigenvalue weighted by atomic mass is 79.9. The van der Waals surface area contributed by atoms with Gasteiger partial charge in [0, 0.05) is 16.1 Å². The summed E-state index contributed by atoms with van der Waals surface area (Å²) in [6.45, 7) is 0.277. The van der Waals surface area contributed by atoms with Gasteiger partial charge in [-0.15, -0.1) is 0 Å². The lowest BCUT2D eigenvalue weighted by Gasteiger charge is -2.00. The number of aromatic amines is 1. The summed E-state index contributed by atoms with van der Waals surface area (Å²) in [5.74, 6) is -0.0269. The van der Waals surface area contributed by atoms with Crippen LogP contribution in [0.25, 0.3) is 17.1 Å². The van der Waals surface area contributed by atoms with Crippen molar-refractivity contribution in [2.45, 2.75) is 6.54 Å². The van der Waals surface area contributed by atoms with Gasteiger partial charge in [-0.05, 0) is 36.4 Å². The molecule has 0 atom stereocenters. The normalized spacial score (nSPS) is 11.2. The van der Waals surface area contributed by atoms with E-state index in [9.17, 15) is 9.18 Å². The molecule has 1 heterocycles. The second-order valence-electron chi connectivity index (χ2n) is 4.92. The van der Waals surface area contributed by atoms with E-state index in [2.05, 4.69) is 31.2 Å². The minimum atomic E-state index is -0.380. The standard InChI is InChI=1S/C17H13BrFN3O/c18-12-6-7-13(19)11(9-12)5-8-17(23)20-10-16-21-14-3-1-2-4-15(14)22-16/h1-9H,10H2,(H,20,23)(H,21,22)/b8-5+. The minimum absolute atomic E-state index is 0.277. The lowest BCUT2D eigenvalue weighted by atomic mass is 10.2. The topological polar surface area (TPSA) is 57.8 Å². The molecule has 4 nitrogen and oxygen atoms in total. The number of imidazole rings is 1. The van der Waals surface area contributed by atoms with Crippen LogP contribution in [0.15, 0.2) is 53.0 Å². The highest BCUT2D eigenvalue weighted by Gasteiger charge is 2.04. The number of halogens is 2. The van der Waals surface area contributed by atoms with Gasteiger partial charge >= 0.3 is 0 Å². The highest BCUT2D eigenvalue weighted by molar-refractivity contribution is 9.10. The van der Waals surface area contributed by atoms with Crippen LogP contribution in [0.1, 0.15) is 11.4 Å². The van der Waals surface area contributed by atoms with Crippen molar-refractivity contribution in [3.63, 3.8) is 0 Å². The van der Waals surface area contributed by atoms with Crippen molar-refractivity contribution in [2.75, 3.05) is 0 Å². The molecule has 23 heavy (non-hydrogen) atoms. The first-order chi connectivity index (χ1) is 11.1. The number of fused-ring (bicyclic) bond motifs is 1. The largest absolute Gasteiger partial charge is 0.345 e. The van der Waals surface area contributed by atoms with Gasteiger partial charge in [-0.25, -0.2) is 9.37 Å². The van der Waals surface area contributed by atoms with Crippen LogP contribution in [0.2, 0.25) is 0 Å². The monoisotopic (exact) mass is 373 g/mol. The number of para-hydroxylation sites is 2. The number of nitrogens with one attached hydrogen (secondary N) is 2. The number of carbonyl (C=O) groups excluding carboxylic acids is 1. The zero-order valence-electron chi connectivity index (χ0n) is 12.0. The molecule has 0 spiro atoms. The Labute approximate surface area is 140 Å². The number of hydrogen-bond acceptors (Lipinski definition) is 2. The van der Waals surface area contributed by atoms with Gasteiger partial charge < -0.3 is 10.3 Å². The van der Waals surface area contributed by atoms with Crippen molar-refractivity contribution < 1.29 is 9.18 Å². The van der Waals surface area contributed by atoms with Gasteiger partial charge in [0.25, 0.3) is 0 Å². The molecular weight excluding hydrogens is 361 g/mol. The predicted octanol–water partition coefficient (Wildman–Crippen LogP) is 3.79. The molecule has 116 valence electrons. The van der Waals surface area contributed by atoms with Gasteiger partial charge in [-0.1, -0.05) is 28.1 Å². The first kappa shape index (κ1) is 15.4. The molecule has 2 N–H and O–H groups in total. The lowest BCUT2D eigenvalue weighted by Crippen LogP contribution is -2.20. The first-order valence-corrected chi connectivity index (χ1v) is 7.76. The van der Waals surface area contributed by atoms with E-state index >= 15 is 0 Å². The molecule has 3 rings (SSSR count). The van der Waals surface area contributed by atoms with Crippen LogP contribution in [0, 0.1) is 5.82 Å². The van der Waals surface area contributed by atoms with Gasteiger partial charge in [0.1, 0.15) is 11.6 Å². The summed E-state index contributed by atoms with van der Waals surface area (Å²) in [6.07, 6.45) is 2.74. The number of aromatic nitrogens is 2. The molecule has 0 aliphatic rings. The fourth-order valence-corrected chi connectivity index (χ4v) is 2.51. The van der Waals surface area contributed by atoms with E-state index in [1.165, 1.54) is 18.2 Å². The molecular formula is C17H13BrFN3O. The van der Waals surface area contributed by atoms with Crippen molar-refractivity contribution in [2.24, 2.45) is 0 Å². The maximum Gasteiger partial charge on any atom is 0.244 e. The molecule has 2 aromatic carbocycles. The molecule has 6 heteroatoms. The minimum Gasteiger partial charge on any atom is -0.345 e. The Bertz CT molecular complexity index is 855. The smallest absolute Gasteiger partial charge is 0.244 e. The van der Waals surface area contributed by atoms with Gasteiger partial charge in [0.15, 0.2) is 0 Å². The quantitative estimate of drug-likeness (QED) is 0.683. The third kappa shape index (κ3) is 3.84. The Morgan fingerprint density at radius 1 is 1.30 bits per heavy atom. The summed E-state index contributed by atoms with van der Waals surface area (Å²) < 4.78 is 14.3. The van der Waals surface area contributed by atoms with Gasteiger partial charge in [-0.2, -0.15) is 0 Å². The van der Waals surface area contributed by atoms with Crippen LogP contribution in [-0.4, -0.2) is 15.9 Å². The van der Waals surface area contributed by atoms with E-state index in [1.54, 1.807) is 12.1 Å². The van der Waals surface area contributed by atoms with Crippen LogP contribution in [0.4, 0.5) is 4.39 Å². The third-order valence-electron chi connectivity index (χ3n) is 3.24. The molecule has 0 bridgehead atoms. The van der Waals surface area contributed by atoms with Crippen molar-refractivity contribution in [1.82, 2.24) is 15.3 Å². The zero-order valence-corrected chi connectivity index (χ0v) is 13.6. The van der Waals surface area contributed by atoms with Crippen LogP contribution in [-0.2, 0) is 11.3 Å². The molecule has 0 saturated carbocycles. The molecule has 0 aliphatic heterocycles. The van der Waals surface area contributed by atoms with Gasteiger partial charge in [0.05, 0.1) is 17.6 Å². The summed E-state index contributed by atoms with van der Waals surface area (Å²) in [4.78, 5) is 19.3. The third-order valence-corrected chi connectivity index (χ3v) is 3.73. The van der Waals surface area contributed by atoms with Crippen molar-refractivity contribution in [3.05, 3.63) is 70.2 Å². The van der Waals surface area contributed by atoms with Crippen LogP contribution in [0.3, 0.4) is 0 Å². The summed E-state index contributed by atoms with van der Waals surface area (Å²) in [6, 6.07) is 12.2. The van der Waals surface area contributed by atoms with E-state index in [-0.39, 0.29) is 18.3 Å². The van der Waals surface area contributed by atoms with E-state index in [0.29, 0.717) is 11.4 Å². The van der Waals surface area contributed by atoms with Crippen molar-refractivity contribution in [3.8, 4) is 0 Å². The molecule has 0 unspecified atom stereocenters. The number of benzene rings is 2. The SMILES string of the molecule is O=C(/C=C/c1cc(Br)ccc1F)NCc1nc2ccccc2[nH]1. The molecule has 0 saturated heterocycles. The average molecular weight is 374 g/mol. The number of rotatable bonds is 4. The zero-order chi connectivity index (χ0) is 16.2. The average Bonchev–Trinajstić information content (AvgIpc) is 2.96. The summed E-state index contributed by atoms with van der Waals surface area (Å²) in [7, 11) is 0. The molecule has 1 aromatic heterocycles. The first-order valence-electron chi connectivity index (χ1n) is 6.96. The lowest BCUT2D eigenvalue weighted by molar-refractivity contribution is -0.116. The molecule has 3 aromatic rings. The van der Waals surface area contributed by atoms with E-state index in [4.69, 9.17) is 0 Å². The fourth-order valence-electron chi connectivity index (χ4n) is 2.13. The fraction of sp³-hybridized carbons (Fsp3) is 0.0588. The maximum absolute atomic E-state index is 13.6. The second-order valence-corrected chi connectivity index (χ2v) is 5.83. The number of H-pyrrole nitrogens is 1. The van der Waals surface area contributed by atoms with Crippen LogP contribution in [0.5, 0.6) is 0 Å². The number of nitrogens with zero attached hydrogens (tertiary/aromatic N) is 1. The van der Waals surface area contributed by atoms with Crippen LogP contribution < -0.4 is 5.32 Å². The van der Waals surface area contributed by atoms with Crippen molar-refractivity contribution in [1.29, 1.82) is 0 Å². The number of carbonyl (C=O) groups is 1. The van der Waals surface area contributed by atoms with E-state index in [0.717, 1.165) is 15.5 Å². The van der Waals surface area contributed by atoms with Gasteiger partial charge in [-0.3, -0.25) is 4.79 Å². The Morgan fingerprint density at radius 2 is 2.13 bits per heavy atom. The highest BCUT2D eigenvalue weighted by Crippen LogP contribution is 2.16. The molecule has 1 amide bonds. The Kier molecular flexibility index (Phi) is 4.52. The Morgan fingerprint density at radius 3 is 2.96 bits per heavy atom. The van der Waals surface area contributed by atoms with E-state index in [1.807, 2.05) is 24.3 Å². The molecule has 0 aliphatic carbocycles. The van der Waals surface area contributed by atoms with Gasteiger partial charge in [0.2, 0.25) is 5.91 Å². The number of amides is 1. The molecule has 0 radical (unpaired) electrons. The van der Waals surface area contributed by atoms with Crippen molar-refractivity contribution >= 4 is 38.9 Å². The summed E-state index contributed by atoms with van der Waals surface area (Å²) in [5.41, 5.74) is 2.12. The van der Waals surface area contributed by atoms with E-state index < -0.39 is 0 Å². The van der Waals surface area contributed by atoms with Crippen LogP contribution >= 0.6 is 15.9 Å². The summed E-state index contributed by atoms with van der Waals surface area (Å²) in [5, 5.41) is 2.71.